The molecule has 0 aliphatic carbocycles. The van der Waals surface area contributed by atoms with Crippen molar-refractivity contribution in [2.45, 2.75) is 46.6 Å². The highest BCUT2D eigenvalue weighted by Gasteiger charge is 2.19. The monoisotopic (exact) mass is 250 g/mol. The van der Waals surface area contributed by atoms with Crippen molar-refractivity contribution in [3.8, 4) is 0 Å². The largest absolute Gasteiger partial charge is 0.329 e. The molecule has 0 aliphatic rings. The van der Waals surface area contributed by atoms with E-state index in [0.29, 0.717) is 12.5 Å². The van der Waals surface area contributed by atoms with Crippen LogP contribution in [0.3, 0.4) is 0 Å². The number of nitrogens with two attached hydrogens (primary N) is 1. The summed E-state index contributed by atoms with van der Waals surface area (Å²) in [6.07, 6.45) is 1.66. The van der Waals surface area contributed by atoms with Crippen molar-refractivity contribution in [2.75, 3.05) is 12.3 Å². The van der Waals surface area contributed by atoms with E-state index in [-0.39, 0.29) is 17.7 Å². The number of sulfonamides is 1. The van der Waals surface area contributed by atoms with Gasteiger partial charge in [-0.3, -0.25) is 0 Å². The lowest BCUT2D eigenvalue weighted by Gasteiger charge is -2.20. The SMILES string of the molecule is CCC(C)CS(=O)(=O)NC(CN)CC(C)C. The van der Waals surface area contributed by atoms with Gasteiger partial charge in [0.1, 0.15) is 0 Å². The Morgan fingerprint density at radius 2 is 1.81 bits per heavy atom. The fourth-order valence-corrected chi connectivity index (χ4v) is 3.34. The van der Waals surface area contributed by atoms with Crippen molar-refractivity contribution in [1.82, 2.24) is 4.72 Å². The molecule has 0 rings (SSSR count). The summed E-state index contributed by atoms with van der Waals surface area (Å²) in [7, 11) is -3.18. The molecule has 0 saturated carbocycles. The summed E-state index contributed by atoms with van der Waals surface area (Å²) in [5.74, 6) is 0.827. The van der Waals surface area contributed by atoms with Gasteiger partial charge in [0.25, 0.3) is 0 Å². The van der Waals surface area contributed by atoms with Crippen LogP contribution in [-0.4, -0.2) is 26.8 Å². The van der Waals surface area contributed by atoms with E-state index >= 15 is 0 Å². The van der Waals surface area contributed by atoms with E-state index in [1.54, 1.807) is 0 Å². The summed E-state index contributed by atoms with van der Waals surface area (Å²) in [6, 6.07) is -0.131. The predicted molar refractivity (Wildman–Crippen MR) is 68.7 cm³/mol. The molecule has 0 aromatic heterocycles. The van der Waals surface area contributed by atoms with E-state index in [1.165, 1.54) is 0 Å². The summed E-state index contributed by atoms with van der Waals surface area (Å²) >= 11 is 0. The second-order valence-corrected chi connectivity index (χ2v) is 6.77. The van der Waals surface area contributed by atoms with Crippen molar-refractivity contribution in [1.29, 1.82) is 0 Å². The molecule has 98 valence electrons. The molecule has 0 aromatic carbocycles. The molecule has 16 heavy (non-hydrogen) atoms. The first-order valence-electron chi connectivity index (χ1n) is 6.00. The van der Waals surface area contributed by atoms with Gasteiger partial charge in [-0.05, 0) is 18.3 Å². The zero-order valence-electron chi connectivity index (χ0n) is 10.9. The molecule has 0 spiro atoms. The molecular weight excluding hydrogens is 224 g/mol. The highest BCUT2D eigenvalue weighted by atomic mass is 32.2. The standard InChI is InChI=1S/C11H26N2O2S/c1-5-10(4)8-16(14,15)13-11(7-12)6-9(2)3/h9-11,13H,5-8,12H2,1-4H3. The average molecular weight is 250 g/mol. The lowest BCUT2D eigenvalue weighted by Crippen LogP contribution is -2.42. The van der Waals surface area contributed by atoms with Gasteiger partial charge in [0.2, 0.25) is 10.0 Å². The number of hydrogen-bond donors (Lipinski definition) is 2. The normalized spacial score (nSPS) is 16.4. The maximum absolute atomic E-state index is 11.8. The van der Waals surface area contributed by atoms with Crippen LogP contribution in [0.2, 0.25) is 0 Å². The average Bonchev–Trinajstić information content (AvgIpc) is 2.14. The molecule has 2 unspecified atom stereocenters. The van der Waals surface area contributed by atoms with E-state index in [9.17, 15) is 8.42 Å². The molecule has 0 heterocycles. The van der Waals surface area contributed by atoms with Crippen LogP contribution >= 0.6 is 0 Å². The van der Waals surface area contributed by atoms with Crippen LogP contribution in [0.25, 0.3) is 0 Å². The number of hydrogen-bond acceptors (Lipinski definition) is 3. The van der Waals surface area contributed by atoms with E-state index in [1.807, 2.05) is 13.8 Å². The van der Waals surface area contributed by atoms with Gasteiger partial charge in [-0.15, -0.1) is 0 Å². The fourth-order valence-electron chi connectivity index (χ4n) is 1.56. The zero-order chi connectivity index (χ0) is 12.8. The Labute approximate surface area is 100 Å². The van der Waals surface area contributed by atoms with E-state index in [0.717, 1.165) is 12.8 Å². The summed E-state index contributed by atoms with van der Waals surface area (Å²) < 4.78 is 26.3. The van der Waals surface area contributed by atoms with Crippen LogP contribution in [0.5, 0.6) is 0 Å². The summed E-state index contributed by atoms with van der Waals surface area (Å²) in [5, 5.41) is 0. The Morgan fingerprint density at radius 3 is 2.19 bits per heavy atom. The Kier molecular flexibility index (Phi) is 7.19. The summed E-state index contributed by atoms with van der Waals surface area (Å²) in [5.41, 5.74) is 5.56. The topological polar surface area (TPSA) is 72.2 Å². The minimum absolute atomic E-state index is 0.131. The number of rotatable bonds is 8. The van der Waals surface area contributed by atoms with Gasteiger partial charge in [0.15, 0.2) is 0 Å². The van der Waals surface area contributed by atoms with Crippen LogP contribution in [0.1, 0.15) is 40.5 Å². The first-order chi connectivity index (χ1) is 7.30. The molecular formula is C11H26N2O2S. The van der Waals surface area contributed by atoms with Crippen LogP contribution in [-0.2, 0) is 10.0 Å². The van der Waals surface area contributed by atoms with E-state index in [4.69, 9.17) is 5.73 Å². The molecule has 5 heteroatoms. The maximum atomic E-state index is 11.8. The van der Waals surface area contributed by atoms with E-state index in [2.05, 4.69) is 18.6 Å². The number of nitrogens with one attached hydrogen (secondary N) is 1. The van der Waals surface area contributed by atoms with Crippen LogP contribution in [0.4, 0.5) is 0 Å². The Hall–Kier alpha value is -0.130. The van der Waals surface area contributed by atoms with Crippen LogP contribution < -0.4 is 10.5 Å². The molecule has 3 N–H and O–H groups in total. The Balaban J connectivity index is 4.31. The predicted octanol–water partition coefficient (Wildman–Crippen LogP) is 1.33. The van der Waals surface area contributed by atoms with Gasteiger partial charge in [-0.1, -0.05) is 34.1 Å². The van der Waals surface area contributed by atoms with E-state index < -0.39 is 10.0 Å². The second-order valence-electron chi connectivity index (χ2n) is 4.97. The third kappa shape index (κ3) is 7.19. The molecule has 0 aliphatic heterocycles. The molecule has 0 saturated heterocycles. The van der Waals surface area contributed by atoms with Crippen LogP contribution in [0.15, 0.2) is 0 Å². The molecule has 0 amide bonds. The molecule has 0 radical (unpaired) electrons. The van der Waals surface area contributed by atoms with Crippen molar-refractivity contribution < 1.29 is 8.42 Å². The quantitative estimate of drug-likeness (QED) is 0.682. The minimum atomic E-state index is -3.18. The Bertz CT molecular complexity index is 276. The third-order valence-corrected chi connectivity index (χ3v) is 4.29. The van der Waals surface area contributed by atoms with Gasteiger partial charge in [-0.2, -0.15) is 0 Å². The smallest absolute Gasteiger partial charge is 0.212 e. The van der Waals surface area contributed by atoms with Crippen molar-refractivity contribution in [2.24, 2.45) is 17.6 Å². The van der Waals surface area contributed by atoms with Crippen LogP contribution in [0, 0.1) is 11.8 Å². The molecule has 0 aromatic rings. The summed E-state index contributed by atoms with van der Waals surface area (Å²) in [6.45, 7) is 8.42. The van der Waals surface area contributed by atoms with Crippen molar-refractivity contribution in [3.05, 3.63) is 0 Å². The van der Waals surface area contributed by atoms with Crippen molar-refractivity contribution in [3.63, 3.8) is 0 Å². The fraction of sp³-hybridized carbons (Fsp3) is 1.00. The second kappa shape index (κ2) is 7.25. The highest BCUT2D eigenvalue weighted by molar-refractivity contribution is 7.89. The zero-order valence-corrected chi connectivity index (χ0v) is 11.7. The van der Waals surface area contributed by atoms with Crippen molar-refractivity contribution >= 4 is 10.0 Å². The maximum Gasteiger partial charge on any atom is 0.212 e. The first-order valence-corrected chi connectivity index (χ1v) is 7.66. The minimum Gasteiger partial charge on any atom is -0.329 e. The van der Waals surface area contributed by atoms with Gasteiger partial charge in [0.05, 0.1) is 5.75 Å². The van der Waals surface area contributed by atoms with Gasteiger partial charge >= 0.3 is 0 Å². The molecule has 0 bridgehead atoms. The van der Waals surface area contributed by atoms with Gasteiger partial charge in [0, 0.05) is 12.6 Å². The highest BCUT2D eigenvalue weighted by Crippen LogP contribution is 2.08. The lowest BCUT2D eigenvalue weighted by molar-refractivity contribution is 0.461. The molecule has 4 nitrogen and oxygen atoms in total. The van der Waals surface area contributed by atoms with Gasteiger partial charge < -0.3 is 5.73 Å². The summed E-state index contributed by atoms with van der Waals surface area (Å²) in [4.78, 5) is 0. The third-order valence-electron chi connectivity index (χ3n) is 2.59. The molecule has 0 fully saturated rings. The lowest BCUT2D eigenvalue weighted by atomic mass is 10.1. The molecule has 2 atom stereocenters. The Morgan fingerprint density at radius 1 is 1.25 bits per heavy atom. The first kappa shape index (κ1) is 15.9. The van der Waals surface area contributed by atoms with Gasteiger partial charge in [-0.25, -0.2) is 13.1 Å².